The maximum Gasteiger partial charge on any atom is 0.411 e. The van der Waals surface area contributed by atoms with Crippen LogP contribution in [0.25, 0.3) is 22.2 Å². The number of fused-ring (bicyclic) bond motifs is 1. The molecule has 0 radical (unpaired) electrons. The summed E-state index contributed by atoms with van der Waals surface area (Å²) >= 11 is 0. The number of anilines is 1. The minimum absolute atomic E-state index is 0.0973. The normalized spacial score (nSPS) is 10.6. The molecular formula is C24H27N3O6. The second kappa shape index (κ2) is 11.1. The van der Waals surface area contributed by atoms with Crippen LogP contribution >= 0.6 is 0 Å². The monoisotopic (exact) mass is 453 g/mol. The number of pyridine rings is 2. The van der Waals surface area contributed by atoms with E-state index in [0.717, 1.165) is 0 Å². The minimum Gasteiger partial charge on any atom is -0.493 e. The summed E-state index contributed by atoms with van der Waals surface area (Å²) in [6.07, 6.45) is 1.78. The predicted molar refractivity (Wildman–Crippen MR) is 124 cm³/mol. The Hall–Kier alpha value is -3.88. The van der Waals surface area contributed by atoms with Gasteiger partial charge in [0.1, 0.15) is 17.1 Å². The SMILES string of the molecule is CCOC(=O)Nc1c(-c2cccc(OCCCOC(=O)CC)c2)c2cccnc2n(C)c1=O. The van der Waals surface area contributed by atoms with Crippen molar-refractivity contribution in [2.75, 3.05) is 25.1 Å². The largest absolute Gasteiger partial charge is 0.493 e. The van der Waals surface area contributed by atoms with E-state index in [2.05, 4.69) is 10.3 Å². The molecule has 2 aromatic heterocycles. The molecule has 0 aliphatic rings. The number of aryl methyl sites for hydroxylation is 1. The molecular weight excluding hydrogens is 426 g/mol. The first-order valence-corrected chi connectivity index (χ1v) is 10.8. The summed E-state index contributed by atoms with van der Waals surface area (Å²) in [6, 6.07) is 10.8. The van der Waals surface area contributed by atoms with Gasteiger partial charge in [0.25, 0.3) is 5.56 Å². The number of rotatable bonds is 9. The van der Waals surface area contributed by atoms with Gasteiger partial charge in [-0.25, -0.2) is 9.78 Å². The van der Waals surface area contributed by atoms with E-state index in [1.54, 1.807) is 51.4 Å². The van der Waals surface area contributed by atoms with Crippen molar-refractivity contribution in [2.45, 2.75) is 26.7 Å². The molecule has 33 heavy (non-hydrogen) atoms. The molecule has 9 heteroatoms. The van der Waals surface area contributed by atoms with Crippen molar-refractivity contribution in [3.63, 3.8) is 0 Å². The van der Waals surface area contributed by atoms with E-state index in [1.807, 2.05) is 12.1 Å². The zero-order valence-corrected chi connectivity index (χ0v) is 18.9. The number of nitrogens with one attached hydrogen (secondary N) is 1. The lowest BCUT2D eigenvalue weighted by Crippen LogP contribution is -2.26. The summed E-state index contributed by atoms with van der Waals surface area (Å²) in [7, 11) is 1.60. The fourth-order valence-electron chi connectivity index (χ4n) is 3.33. The molecule has 1 aromatic carbocycles. The summed E-state index contributed by atoms with van der Waals surface area (Å²) in [5, 5.41) is 3.28. The number of carbonyl (C=O) groups excluding carboxylic acids is 2. The van der Waals surface area contributed by atoms with E-state index in [9.17, 15) is 14.4 Å². The molecule has 174 valence electrons. The number of ether oxygens (including phenoxy) is 3. The summed E-state index contributed by atoms with van der Waals surface area (Å²) < 4.78 is 17.2. The third kappa shape index (κ3) is 5.68. The van der Waals surface area contributed by atoms with Crippen LogP contribution in [0.1, 0.15) is 26.7 Å². The molecule has 0 bridgehead atoms. The Labute approximate surface area is 191 Å². The molecule has 0 unspecified atom stereocenters. The van der Waals surface area contributed by atoms with Gasteiger partial charge >= 0.3 is 12.1 Å². The molecule has 1 amide bonds. The number of esters is 1. The third-order valence-electron chi connectivity index (χ3n) is 4.88. The summed E-state index contributed by atoms with van der Waals surface area (Å²) in [5.41, 5.74) is 1.37. The summed E-state index contributed by atoms with van der Waals surface area (Å²) in [6.45, 7) is 4.24. The Morgan fingerprint density at radius 3 is 2.67 bits per heavy atom. The molecule has 0 saturated carbocycles. The maximum atomic E-state index is 13.1. The number of amides is 1. The lowest BCUT2D eigenvalue weighted by molar-refractivity contribution is -0.143. The van der Waals surface area contributed by atoms with Crippen LogP contribution in [0.15, 0.2) is 47.4 Å². The highest BCUT2D eigenvalue weighted by Gasteiger charge is 2.20. The van der Waals surface area contributed by atoms with Gasteiger partial charge in [-0.3, -0.25) is 19.5 Å². The van der Waals surface area contributed by atoms with Gasteiger partial charge in [-0.15, -0.1) is 0 Å². The Morgan fingerprint density at radius 1 is 1.09 bits per heavy atom. The topological polar surface area (TPSA) is 109 Å². The van der Waals surface area contributed by atoms with Crippen LogP contribution in [0.2, 0.25) is 0 Å². The first-order valence-electron chi connectivity index (χ1n) is 10.8. The van der Waals surface area contributed by atoms with Crippen LogP contribution in [-0.2, 0) is 21.3 Å². The van der Waals surface area contributed by atoms with Gasteiger partial charge in [0.05, 0.1) is 19.8 Å². The fourth-order valence-corrected chi connectivity index (χ4v) is 3.33. The lowest BCUT2D eigenvalue weighted by Gasteiger charge is -2.16. The highest BCUT2D eigenvalue weighted by Crippen LogP contribution is 2.34. The Balaban J connectivity index is 1.96. The molecule has 0 fully saturated rings. The number of benzene rings is 1. The zero-order valence-electron chi connectivity index (χ0n) is 18.9. The third-order valence-corrected chi connectivity index (χ3v) is 4.88. The summed E-state index contributed by atoms with van der Waals surface area (Å²) in [5.74, 6) is 0.332. The van der Waals surface area contributed by atoms with Gasteiger partial charge in [-0.1, -0.05) is 19.1 Å². The van der Waals surface area contributed by atoms with Crippen LogP contribution in [-0.4, -0.2) is 41.4 Å². The molecule has 0 aliphatic heterocycles. The number of hydrogen-bond donors (Lipinski definition) is 1. The molecule has 3 aromatic rings. The molecule has 1 N–H and O–H groups in total. The second-order valence-electron chi connectivity index (χ2n) is 7.14. The van der Waals surface area contributed by atoms with E-state index in [1.165, 1.54) is 4.57 Å². The first kappa shape index (κ1) is 23.8. The smallest absolute Gasteiger partial charge is 0.411 e. The van der Waals surface area contributed by atoms with Crippen molar-refractivity contribution in [1.29, 1.82) is 0 Å². The fraction of sp³-hybridized carbons (Fsp3) is 0.333. The Morgan fingerprint density at radius 2 is 1.91 bits per heavy atom. The standard InChI is InChI=1S/C24H27N3O6/c1-4-19(28)33-14-8-13-32-17-10-6-9-16(15-17)20-18-11-7-12-25-22(18)27(3)23(29)21(20)26-24(30)31-5-2/h6-7,9-12,15H,4-5,8,13-14H2,1-3H3,(H,26,30). The number of nitrogens with zero attached hydrogens (tertiary/aromatic N) is 2. The van der Waals surface area contributed by atoms with E-state index in [0.29, 0.717) is 47.4 Å². The molecule has 9 nitrogen and oxygen atoms in total. The highest BCUT2D eigenvalue weighted by atomic mass is 16.5. The van der Waals surface area contributed by atoms with Crippen LogP contribution in [0.3, 0.4) is 0 Å². The van der Waals surface area contributed by atoms with Crippen molar-refractivity contribution in [3.05, 3.63) is 52.9 Å². The number of aromatic nitrogens is 2. The van der Waals surface area contributed by atoms with Crippen molar-refractivity contribution < 1.29 is 23.8 Å². The van der Waals surface area contributed by atoms with E-state index < -0.39 is 11.7 Å². The quantitative estimate of drug-likeness (QED) is 0.387. The number of hydrogen-bond acceptors (Lipinski definition) is 7. The average molecular weight is 453 g/mol. The van der Waals surface area contributed by atoms with Crippen molar-refractivity contribution in [2.24, 2.45) is 7.05 Å². The van der Waals surface area contributed by atoms with Crippen molar-refractivity contribution in [3.8, 4) is 16.9 Å². The molecule has 2 heterocycles. The van der Waals surface area contributed by atoms with Gasteiger partial charge in [-0.2, -0.15) is 0 Å². The minimum atomic E-state index is -0.715. The molecule has 0 atom stereocenters. The van der Waals surface area contributed by atoms with Gasteiger partial charge in [-0.05, 0) is 36.8 Å². The number of carbonyl (C=O) groups is 2. The molecule has 0 aliphatic carbocycles. The van der Waals surface area contributed by atoms with E-state index in [4.69, 9.17) is 14.2 Å². The molecule has 3 rings (SSSR count). The maximum absolute atomic E-state index is 13.1. The predicted octanol–water partition coefficient (Wildman–Crippen LogP) is 3.89. The van der Waals surface area contributed by atoms with Gasteiger partial charge < -0.3 is 14.2 Å². The van der Waals surface area contributed by atoms with Crippen LogP contribution in [0.5, 0.6) is 5.75 Å². The zero-order chi connectivity index (χ0) is 23.8. The van der Waals surface area contributed by atoms with Gasteiger partial charge in [0.15, 0.2) is 0 Å². The molecule has 0 spiro atoms. The molecule has 0 saturated heterocycles. The van der Waals surface area contributed by atoms with Gasteiger partial charge in [0.2, 0.25) is 0 Å². The van der Waals surface area contributed by atoms with Gasteiger partial charge in [0, 0.05) is 37.0 Å². The lowest BCUT2D eigenvalue weighted by atomic mass is 10.00. The van der Waals surface area contributed by atoms with Crippen LogP contribution < -0.4 is 15.6 Å². The average Bonchev–Trinajstić information content (AvgIpc) is 2.82. The Bertz CT molecular complexity index is 1200. The highest BCUT2D eigenvalue weighted by molar-refractivity contribution is 6.03. The van der Waals surface area contributed by atoms with Crippen molar-refractivity contribution >= 4 is 28.8 Å². The second-order valence-corrected chi connectivity index (χ2v) is 7.14. The van der Waals surface area contributed by atoms with E-state index >= 15 is 0 Å². The first-order chi connectivity index (χ1) is 16.0. The Kier molecular flexibility index (Phi) is 8.01. The van der Waals surface area contributed by atoms with E-state index in [-0.39, 0.29) is 24.9 Å². The summed E-state index contributed by atoms with van der Waals surface area (Å²) in [4.78, 5) is 40.8. The van der Waals surface area contributed by atoms with Crippen LogP contribution in [0.4, 0.5) is 10.5 Å². The van der Waals surface area contributed by atoms with Crippen LogP contribution in [0, 0.1) is 0 Å². The van der Waals surface area contributed by atoms with Crippen molar-refractivity contribution in [1.82, 2.24) is 9.55 Å².